The van der Waals surface area contributed by atoms with Gasteiger partial charge in [-0.15, -0.1) is 12.4 Å². The molecule has 1 aliphatic rings. The number of aromatic nitrogens is 2. The third kappa shape index (κ3) is 3.58. The van der Waals surface area contributed by atoms with Crippen molar-refractivity contribution in [3.05, 3.63) is 17.5 Å². The first-order valence-electron chi connectivity index (χ1n) is 7.42. The van der Waals surface area contributed by atoms with Crippen molar-refractivity contribution in [1.29, 1.82) is 0 Å². The average molecular weight is 315 g/mol. The molecule has 1 atom stereocenters. The first-order chi connectivity index (χ1) is 9.36. The lowest BCUT2D eigenvalue weighted by Crippen LogP contribution is -2.47. The average Bonchev–Trinajstić information content (AvgIpc) is 2.79. The maximum absolute atomic E-state index is 12.7. The summed E-state index contributed by atoms with van der Waals surface area (Å²) < 4.78 is 1.92. The first kappa shape index (κ1) is 18.0. The molecule has 21 heavy (non-hydrogen) atoms. The molecule has 0 saturated carbocycles. The van der Waals surface area contributed by atoms with Crippen LogP contribution in [0.4, 0.5) is 0 Å². The SMILES string of the molecule is Cc1c(C(=O)N2CCCCC2CN)cnn1C(C)(C)C.Cl. The molecule has 0 spiro atoms. The van der Waals surface area contributed by atoms with Crippen LogP contribution >= 0.6 is 12.4 Å². The van der Waals surface area contributed by atoms with Gasteiger partial charge >= 0.3 is 0 Å². The molecule has 1 aliphatic heterocycles. The molecule has 1 aromatic heterocycles. The monoisotopic (exact) mass is 314 g/mol. The van der Waals surface area contributed by atoms with Gasteiger partial charge in [0, 0.05) is 24.8 Å². The molecule has 0 aliphatic carbocycles. The highest BCUT2D eigenvalue weighted by Gasteiger charge is 2.29. The van der Waals surface area contributed by atoms with E-state index >= 15 is 0 Å². The number of piperidine rings is 1. The van der Waals surface area contributed by atoms with Gasteiger partial charge in [-0.1, -0.05) is 0 Å². The third-order valence-corrected chi connectivity index (χ3v) is 4.04. The zero-order valence-electron chi connectivity index (χ0n) is 13.4. The molecular weight excluding hydrogens is 288 g/mol. The van der Waals surface area contributed by atoms with Gasteiger partial charge in [0.2, 0.25) is 0 Å². The Kier molecular flexibility index (Phi) is 5.82. The van der Waals surface area contributed by atoms with E-state index in [2.05, 4.69) is 25.9 Å². The van der Waals surface area contributed by atoms with Crippen LogP contribution in [0.1, 0.15) is 56.1 Å². The lowest BCUT2D eigenvalue weighted by Gasteiger charge is -2.35. The fourth-order valence-electron chi connectivity index (χ4n) is 2.96. The van der Waals surface area contributed by atoms with Crippen LogP contribution < -0.4 is 5.73 Å². The Morgan fingerprint density at radius 1 is 1.43 bits per heavy atom. The summed E-state index contributed by atoms with van der Waals surface area (Å²) in [6.45, 7) is 9.58. The summed E-state index contributed by atoms with van der Waals surface area (Å²) in [6, 6.07) is 0.175. The predicted octanol–water partition coefficient (Wildman–Crippen LogP) is 2.32. The van der Waals surface area contributed by atoms with Crippen molar-refractivity contribution in [3.8, 4) is 0 Å². The van der Waals surface area contributed by atoms with Gasteiger partial charge in [0.05, 0.1) is 17.3 Å². The summed E-state index contributed by atoms with van der Waals surface area (Å²) in [5.74, 6) is 0.0770. The number of nitrogens with two attached hydrogens (primary N) is 1. The largest absolute Gasteiger partial charge is 0.334 e. The molecule has 1 unspecified atom stereocenters. The van der Waals surface area contributed by atoms with E-state index in [9.17, 15) is 4.79 Å². The summed E-state index contributed by atoms with van der Waals surface area (Å²) in [6.07, 6.45) is 4.93. The molecule has 1 aromatic rings. The highest BCUT2D eigenvalue weighted by Crippen LogP contribution is 2.23. The lowest BCUT2D eigenvalue weighted by atomic mass is 10.0. The molecule has 1 fully saturated rings. The van der Waals surface area contributed by atoms with Gasteiger partial charge in [-0.25, -0.2) is 0 Å². The van der Waals surface area contributed by atoms with Gasteiger partial charge in [0.25, 0.3) is 5.91 Å². The van der Waals surface area contributed by atoms with Gasteiger partial charge in [-0.2, -0.15) is 5.10 Å². The van der Waals surface area contributed by atoms with E-state index < -0.39 is 0 Å². The van der Waals surface area contributed by atoms with Crippen molar-refractivity contribution in [2.75, 3.05) is 13.1 Å². The highest BCUT2D eigenvalue weighted by molar-refractivity contribution is 5.95. The topological polar surface area (TPSA) is 64.2 Å². The van der Waals surface area contributed by atoms with Gasteiger partial charge in [0.1, 0.15) is 0 Å². The van der Waals surface area contributed by atoms with E-state index in [0.29, 0.717) is 12.1 Å². The van der Waals surface area contributed by atoms with Gasteiger partial charge in [-0.05, 0) is 47.0 Å². The normalized spacial score (nSPS) is 19.3. The van der Waals surface area contributed by atoms with E-state index in [1.54, 1.807) is 6.20 Å². The van der Waals surface area contributed by atoms with Gasteiger partial charge in [0.15, 0.2) is 0 Å². The number of hydrogen-bond donors (Lipinski definition) is 1. The van der Waals surface area contributed by atoms with Crippen molar-refractivity contribution < 1.29 is 4.79 Å². The number of halogens is 1. The van der Waals surface area contributed by atoms with Crippen molar-refractivity contribution in [2.45, 2.75) is 58.5 Å². The molecule has 0 radical (unpaired) electrons. The maximum atomic E-state index is 12.7. The smallest absolute Gasteiger partial charge is 0.257 e. The maximum Gasteiger partial charge on any atom is 0.257 e. The standard InChI is InChI=1S/C15H26N4O.ClH/c1-11-13(10-17-19(11)15(2,3)4)14(20)18-8-6-5-7-12(18)9-16;/h10,12H,5-9,16H2,1-4H3;1H. The molecule has 2 N–H and O–H groups in total. The van der Waals surface area contributed by atoms with Crippen molar-refractivity contribution in [3.63, 3.8) is 0 Å². The molecule has 1 saturated heterocycles. The quantitative estimate of drug-likeness (QED) is 0.911. The van der Waals surface area contributed by atoms with E-state index in [-0.39, 0.29) is 29.9 Å². The lowest BCUT2D eigenvalue weighted by molar-refractivity contribution is 0.0622. The number of hydrogen-bond acceptors (Lipinski definition) is 3. The van der Waals surface area contributed by atoms with Crippen molar-refractivity contribution >= 4 is 18.3 Å². The second-order valence-electron chi connectivity index (χ2n) is 6.61. The second-order valence-corrected chi connectivity index (χ2v) is 6.61. The number of amides is 1. The minimum absolute atomic E-state index is 0. The van der Waals surface area contributed by atoms with Gasteiger partial charge in [-0.3, -0.25) is 9.48 Å². The molecule has 1 amide bonds. The van der Waals surface area contributed by atoms with Crippen LogP contribution in [-0.4, -0.2) is 39.7 Å². The molecule has 0 bridgehead atoms. The zero-order valence-corrected chi connectivity index (χ0v) is 14.2. The summed E-state index contributed by atoms with van der Waals surface area (Å²) in [5, 5.41) is 4.39. The van der Waals surface area contributed by atoms with Crippen LogP contribution in [0.5, 0.6) is 0 Å². The number of carbonyl (C=O) groups excluding carboxylic acids is 1. The van der Waals surface area contributed by atoms with Crippen molar-refractivity contribution in [1.82, 2.24) is 14.7 Å². The molecule has 120 valence electrons. The fourth-order valence-corrected chi connectivity index (χ4v) is 2.96. The van der Waals surface area contributed by atoms with E-state index in [4.69, 9.17) is 5.73 Å². The first-order valence-corrected chi connectivity index (χ1v) is 7.42. The van der Waals surface area contributed by atoms with Gasteiger partial charge < -0.3 is 10.6 Å². The van der Waals surface area contributed by atoms with Crippen molar-refractivity contribution in [2.24, 2.45) is 5.73 Å². The van der Waals surface area contributed by atoms with E-state index in [1.807, 2.05) is 16.5 Å². The minimum Gasteiger partial charge on any atom is -0.334 e. The predicted molar refractivity (Wildman–Crippen MR) is 86.9 cm³/mol. The molecule has 2 rings (SSSR count). The Morgan fingerprint density at radius 2 is 2.10 bits per heavy atom. The summed E-state index contributed by atoms with van der Waals surface area (Å²) >= 11 is 0. The van der Waals surface area contributed by atoms with E-state index in [1.165, 1.54) is 0 Å². The van der Waals surface area contributed by atoms with Crippen LogP contribution in [0.15, 0.2) is 6.20 Å². The number of carbonyl (C=O) groups is 1. The van der Waals surface area contributed by atoms with Crippen LogP contribution in [-0.2, 0) is 5.54 Å². The summed E-state index contributed by atoms with van der Waals surface area (Å²) in [5.41, 5.74) is 7.34. The Balaban J connectivity index is 0.00000220. The molecule has 5 nitrogen and oxygen atoms in total. The minimum atomic E-state index is -0.113. The Labute approximate surface area is 133 Å². The Morgan fingerprint density at radius 3 is 2.62 bits per heavy atom. The van der Waals surface area contributed by atoms with Crippen LogP contribution in [0, 0.1) is 6.92 Å². The molecule has 2 heterocycles. The highest BCUT2D eigenvalue weighted by atomic mass is 35.5. The second kappa shape index (κ2) is 6.79. The molecule has 6 heteroatoms. The van der Waals surface area contributed by atoms with Crippen LogP contribution in [0.2, 0.25) is 0 Å². The Hall–Kier alpha value is -1.07. The molecule has 0 aromatic carbocycles. The molecular formula is C15H27ClN4O. The Bertz CT molecular complexity index is 492. The summed E-state index contributed by atoms with van der Waals surface area (Å²) in [4.78, 5) is 14.7. The fraction of sp³-hybridized carbons (Fsp3) is 0.733. The third-order valence-electron chi connectivity index (χ3n) is 4.04. The van der Waals surface area contributed by atoms with Crippen LogP contribution in [0.25, 0.3) is 0 Å². The van der Waals surface area contributed by atoms with Crippen LogP contribution in [0.3, 0.4) is 0 Å². The summed E-state index contributed by atoms with van der Waals surface area (Å²) in [7, 11) is 0. The van der Waals surface area contributed by atoms with E-state index in [0.717, 1.165) is 31.5 Å². The zero-order chi connectivity index (χ0) is 14.9. The number of likely N-dealkylation sites (tertiary alicyclic amines) is 1. The number of rotatable bonds is 2. The number of nitrogens with zero attached hydrogens (tertiary/aromatic N) is 3.